The first-order chi connectivity index (χ1) is 13.6. The summed E-state index contributed by atoms with van der Waals surface area (Å²) < 4.78 is 11.0. The van der Waals surface area contributed by atoms with Gasteiger partial charge in [0.1, 0.15) is 0 Å². The first-order valence-corrected chi connectivity index (χ1v) is 10.4. The Hall–Kier alpha value is -2.60. The Balaban J connectivity index is 1.66. The lowest BCUT2D eigenvalue weighted by atomic mass is 9.75. The van der Waals surface area contributed by atoms with E-state index in [0.717, 1.165) is 21.7 Å². The van der Waals surface area contributed by atoms with Crippen LogP contribution in [0.15, 0.2) is 47.0 Å². The van der Waals surface area contributed by atoms with E-state index in [2.05, 4.69) is 5.32 Å². The summed E-state index contributed by atoms with van der Waals surface area (Å²) in [5.74, 6) is 1.35. The van der Waals surface area contributed by atoms with Gasteiger partial charge in [-0.1, -0.05) is 12.1 Å². The second-order valence-corrected chi connectivity index (χ2v) is 8.06. The second-order valence-electron chi connectivity index (χ2n) is 7.08. The van der Waals surface area contributed by atoms with Gasteiger partial charge in [0.25, 0.3) is 0 Å². The maximum absolute atomic E-state index is 13.1. The van der Waals surface area contributed by atoms with Gasteiger partial charge in [-0.15, -0.1) is 11.3 Å². The van der Waals surface area contributed by atoms with Crippen molar-refractivity contribution in [3.63, 3.8) is 0 Å². The monoisotopic (exact) mass is 397 g/mol. The van der Waals surface area contributed by atoms with Crippen molar-refractivity contribution in [3.8, 4) is 11.5 Å². The van der Waals surface area contributed by atoms with Gasteiger partial charge in [-0.05, 0) is 48.4 Å². The van der Waals surface area contributed by atoms with E-state index in [0.29, 0.717) is 37.4 Å². The van der Waals surface area contributed by atoms with Crippen molar-refractivity contribution in [2.24, 2.45) is 0 Å². The zero-order valence-electron chi connectivity index (χ0n) is 16.0. The number of rotatable bonds is 5. The van der Waals surface area contributed by atoms with Crippen molar-refractivity contribution in [2.75, 3.05) is 13.7 Å². The third-order valence-corrected chi connectivity index (χ3v) is 6.37. The van der Waals surface area contributed by atoms with Crippen LogP contribution in [0, 0.1) is 0 Å². The molecule has 0 unspecified atom stereocenters. The minimum Gasteiger partial charge on any atom is -0.493 e. The predicted molar refractivity (Wildman–Crippen MR) is 108 cm³/mol. The van der Waals surface area contributed by atoms with Crippen molar-refractivity contribution < 1.29 is 19.1 Å². The molecule has 4 rings (SSSR count). The minimum absolute atomic E-state index is 0.0122. The summed E-state index contributed by atoms with van der Waals surface area (Å²) in [7, 11) is 1.61. The Bertz CT molecular complexity index is 932. The molecule has 6 heteroatoms. The van der Waals surface area contributed by atoms with Gasteiger partial charge in [0.2, 0.25) is 5.91 Å². The van der Waals surface area contributed by atoms with E-state index in [-0.39, 0.29) is 23.5 Å². The lowest BCUT2D eigenvalue weighted by Crippen LogP contribution is -2.37. The third-order valence-electron chi connectivity index (χ3n) is 5.38. The minimum atomic E-state index is -0.118. The molecule has 1 aliphatic carbocycles. The van der Waals surface area contributed by atoms with Crippen LogP contribution < -0.4 is 14.8 Å². The third kappa shape index (κ3) is 3.44. The molecular formula is C22H23NO4S. The molecule has 0 radical (unpaired) electrons. The molecule has 0 spiro atoms. The van der Waals surface area contributed by atoms with E-state index in [4.69, 9.17) is 9.47 Å². The standard InChI is InChI=1S/C22H23NO4S/c1-3-27-18-7-6-13(11-19(18)26-2)14-9-16-22(17(24)10-14)15(12-21(25)23-16)20-5-4-8-28-20/h4-8,11,14-15H,3,9-10,12H2,1-2H3,(H,23,25)/t14-,15+/m1/s1. The molecule has 28 heavy (non-hydrogen) atoms. The van der Waals surface area contributed by atoms with E-state index in [1.165, 1.54) is 0 Å². The van der Waals surface area contributed by atoms with Crippen LogP contribution in [0.1, 0.15) is 48.5 Å². The Kier molecular flexibility index (Phi) is 5.22. The Morgan fingerprint density at radius 1 is 1.14 bits per heavy atom. The summed E-state index contributed by atoms with van der Waals surface area (Å²) in [4.78, 5) is 26.5. The quantitative estimate of drug-likeness (QED) is 0.823. The molecule has 146 valence electrons. The largest absolute Gasteiger partial charge is 0.493 e. The maximum Gasteiger partial charge on any atom is 0.225 e. The summed E-state index contributed by atoms with van der Waals surface area (Å²) in [6, 6.07) is 9.79. The number of hydrogen-bond acceptors (Lipinski definition) is 5. The van der Waals surface area contributed by atoms with Gasteiger partial charge in [-0.25, -0.2) is 0 Å². The van der Waals surface area contributed by atoms with Crippen LogP contribution in [0.3, 0.4) is 0 Å². The molecule has 0 bridgehead atoms. The molecule has 0 saturated heterocycles. The topological polar surface area (TPSA) is 64.6 Å². The van der Waals surface area contributed by atoms with Crippen LogP contribution in [0.25, 0.3) is 0 Å². The average Bonchev–Trinajstić information content (AvgIpc) is 3.22. The Labute approximate surface area is 168 Å². The molecule has 1 N–H and O–H groups in total. The first-order valence-electron chi connectivity index (χ1n) is 9.51. The molecule has 0 saturated carbocycles. The van der Waals surface area contributed by atoms with Crippen molar-refractivity contribution >= 4 is 23.0 Å². The number of benzene rings is 1. The molecule has 2 atom stereocenters. The number of hydrogen-bond donors (Lipinski definition) is 1. The normalized spacial score (nSPS) is 21.9. The van der Waals surface area contributed by atoms with Gasteiger partial charge in [0.15, 0.2) is 17.3 Å². The van der Waals surface area contributed by atoms with Crippen molar-refractivity contribution in [1.82, 2.24) is 5.32 Å². The number of amides is 1. The van der Waals surface area contributed by atoms with Crippen molar-refractivity contribution in [2.45, 2.75) is 38.0 Å². The number of ketones is 1. The summed E-state index contributed by atoms with van der Waals surface area (Å²) in [5, 5.41) is 4.96. The fraction of sp³-hybridized carbons (Fsp3) is 0.364. The SMILES string of the molecule is CCOc1ccc([C@H]2CC(=O)C3=C(C2)NC(=O)C[C@H]3c2cccs2)cc1OC. The maximum atomic E-state index is 13.1. The van der Waals surface area contributed by atoms with Crippen LogP contribution in [-0.4, -0.2) is 25.4 Å². The zero-order chi connectivity index (χ0) is 19.7. The van der Waals surface area contributed by atoms with Crippen LogP contribution >= 0.6 is 11.3 Å². The fourth-order valence-electron chi connectivity index (χ4n) is 4.14. The molecule has 1 amide bonds. The molecular weight excluding hydrogens is 374 g/mol. The summed E-state index contributed by atoms with van der Waals surface area (Å²) >= 11 is 1.60. The van der Waals surface area contributed by atoms with E-state index >= 15 is 0 Å². The number of Topliss-reactive ketones (excluding diaryl/α,β-unsaturated/α-hetero) is 1. The molecule has 2 heterocycles. The van der Waals surface area contributed by atoms with Gasteiger partial charge in [-0.2, -0.15) is 0 Å². The highest BCUT2D eigenvalue weighted by Gasteiger charge is 2.38. The number of methoxy groups -OCH3 is 1. The second kappa shape index (κ2) is 7.80. The highest BCUT2D eigenvalue weighted by Crippen LogP contribution is 2.44. The lowest BCUT2D eigenvalue weighted by Gasteiger charge is -2.34. The van der Waals surface area contributed by atoms with E-state index in [1.807, 2.05) is 42.6 Å². The van der Waals surface area contributed by atoms with Gasteiger partial charge in [0.05, 0.1) is 13.7 Å². The smallest absolute Gasteiger partial charge is 0.225 e. The fourth-order valence-corrected chi connectivity index (χ4v) is 4.98. The summed E-state index contributed by atoms with van der Waals surface area (Å²) in [5.41, 5.74) is 2.59. The van der Waals surface area contributed by atoms with Gasteiger partial charge in [-0.3, -0.25) is 9.59 Å². The van der Waals surface area contributed by atoms with E-state index < -0.39 is 0 Å². The lowest BCUT2D eigenvalue weighted by molar-refractivity contribution is -0.122. The van der Waals surface area contributed by atoms with Crippen molar-refractivity contribution in [1.29, 1.82) is 0 Å². The molecule has 2 aromatic rings. The molecule has 2 aliphatic rings. The molecule has 0 fully saturated rings. The van der Waals surface area contributed by atoms with Gasteiger partial charge >= 0.3 is 0 Å². The van der Waals surface area contributed by atoms with Gasteiger partial charge in [0, 0.05) is 34.9 Å². The number of carbonyl (C=O) groups excluding carboxylic acids is 2. The highest BCUT2D eigenvalue weighted by molar-refractivity contribution is 7.10. The average molecular weight is 397 g/mol. The van der Waals surface area contributed by atoms with Crippen LogP contribution in [-0.2, 0) is 9.59 Å². The van der Waals surface area contributed by atoms with Crippen LogP contribution in [0.4, 0.5) is 0 Å². The number of allylic oxidation sites excluding steroid dienone is 2. The van der Waals surface area contributed by atoms with Gasteiger partial charge < -0.3 is 14.8 Å². The predicted octanol–water partition coefficient (Wildman–Crippen LogP) is 4.16. The molecule has 1 aromatic carbocycles. The van der Waals surface area contributed by atoms with E-state index in [9.17, 15) is 9.59 Å². The summed E-state index contributed by atoms with van der Waals surface area (Å²) in [6.45, 7) is 2.49. The molecule has 1 aliphatic heterocycles. The van der Waals surface area contributed by atoms with Crippen LogP contribution in [0.2, 0.25) is 0 Å². The number of carbonyl (C=O) groups is 2. The first kappa shape index (κ1) is 18.7. The van der Waals surface area contributed by atoms with Crippen molar-refractivity contribution in [3.05, 3.63) is 57.4 Å². The highest BCUT2D eigenvalue weighted by atomic mass is 32.1. The number of thiophene rings is 1. The Morgan fingerprint density at radius 3 is 2.71 bits per heavy atom. The Morgan fingerprint density at radius 2 is 2.00 bits per heavy atom. The molecule has 5 nitrogen and oxygen atoms in total. The zero-order valence-corrected chi connectivity index (χ0v) is 16.8. The molecule has 1 aromatic heterocycles. The van der Waals surface area contributed by atoms with Crippen LogP contribution in [0.5, 0.6) is 11.5 Å². The number of ether oxygens (including phenoxy) is 2. The van der Waals surface area contributed by atoms with E-state index in [1.54, 1.807) is 18.4 Å². The summed E-state index contributed by atoms with van der Waals surface area (Å²) in [6.07, 6.45) is 1.42. The number of nitrogens with one attached hydrogen (secondary N) is 1.